The highest BCUT2D eigenvalue weighted by Crippen LogP contribution is 2.38. The molecule has 2 N–H and O–H groups in total. The van der Waals surface area contributed by atoms with E-state index in [9.17, 15) is 5.11 Å². The summed E-state index contributed by atoms with van der Waals surface area (Å²) in [7, 11) is 1.70. The largest absolute Gasteiger partial charge is 0.497 e. The van der Waals surface area contributed by atoms with Gasteiger partial charge < -0.3 is 19.9 Å². The Hall–Kier alpha value is -2.04. The maximum Gasteiger partial charge on any atom is 0.122 e. The van der Waals surface area contributed by atoms with Gasteiger partial charge in [0.15, 0.2) is 0 Å². The molecule has 152 valence electrons. The predicted molar refractivity (Wildman–Crippen MR) is 113 cm³/mol. The Morgan fingerprint density at radius 1 is 1.07 bits per heavy atom. The van der Waals surface area contributed by atoms with Crippen molar-refractivity contribution in [3.63, 3.8) is 0 Å². The third-order valence-electron chi connectivity index (χ3n) is 5.77. The maximum atomic E-state index is 10.5. The first-order chi connectivity index (χ1) is 13.5. The first-order valence-electron chi connectivity index (χ1n) is 10.3. The zero-order valence-corrected chi connectivity index (χ0v) is 17.3. The molecule has 4 nitrogen and oxygen atoms in total. The lowest BCUT2D eigenvalue weighted by molar-refractivity contribution is 0.0897. The van der Waals surface area contributed by atoms with E-state index in [1.807, 2.05) is 31.2 Å². The third-order valence-corrected chi connectivity index (χ3v) is 5.77. The van der Waals surface area contributed by atoms with E-state index in [1.165, 1.54) is 30.4 Å². The van der Waals surface area contributed by atoms with Gasteiger partial charge in [-0.15, -0.1) is 0 Å². The molecule has 0 radical (unpaired) electrons. The lowest BCUT2D eigenvalue weighted by Crippen LogP contribution is -2.48. The second-order valence-corrected chi connectivity index (χ2v) is 7.99. The van der Waals surface area contributed by atoms with Gasteiger partial charge in [0.1, 0.15) is 24.2 Å². The Balaban J connectivity index is 1.63. The van der Waals surface area contributed by atoms with Crippen LogP contribution in [0.2, 0.25) is 0 Å². The lowest BCUT2D eigenvalue weighted by atomic mass is 9.76. The number of nitrogens with one attached hydrogen (secondary N) is 1. The zero-order chi connectivity index (χ0) is 20.0. The summed E-state index contributed by atoms with van der Waals surface area (Å²) in [6.45, 7) is 4.89. The number of aryl methyl sites for hydroxylation is 2. The number of hydrogen-bond donors (Lipinski definition) is 2. The Kier molecular flexibility index (Phi) is 6.97. The van der Waals surface area contributed by atoms with Crippen molar-refractivity contribution in [1.29, 1.82) is 0 Å². The van der Waals surface area contributed by atoms with Crippen LogP contribution < -0.4 is 14.8 Å². The third kappa shape index (κ3) is 5.06. The molecule has 0 saturated heterocycles. The monoisotopic (exact) mass is 383 g/mol. The molecule has 1 saturated carbocycles. The molecule has 2 aromatic rings. The summed E-state index contributed by atoms with van der Waals surface area (Å²) in [6.07, 6.45) is 5.24. The number of benzene rings is 2. The molecular formula is C24H33NO3. The molecule has 2 aromatic carbocycles. The van der Waals surface area contributed by atoms with Crippen LogP contribution in [0.15, 0.2) is 42.5 Å². The van der Waals surface area contributed by atoms with Gasteiger partial charge in [-0.3, -0.25) is 0 Å². The molecule has 4 heteroatoms. The van der Waals surface area contributed by atoms with Gasteiger partial charge in [0, 0.05) is 12.1 Å². The molecule has 28 heavy (non-hydrogen) atoms. The molecule has 0 amide bonds. The standard InChI is InChI=1S/C24H33NO3/c1-18-10-11-23(19(2)14-18)28-17-21(26)16-25-24(12-5-4-6-13-24)20-8-7-9-22(15-20)27-3/h7-11,14-15,21,25-26H,4-6,12-13,16-17H2,1-3H3. The van der Waals surface area contributed by atoms with Crippen LogP contribution in [-0.2, 0) is 5.54 Å². The predicted octanol–water partition coefficient (Wildman–Crippen LogP) is 4.50. The van der Waals surface area contributed by atoms with Gasteiger partial charge in [0.25, 0.3) is 0 Å². The van der Waals surface area contributed by atoms with Crippen LogP contribution in [0.3, 0.4) is 0 Å². The SMILES string of the molecule is COc1cccc(C2(NCC(O)COc3ccc(C)cc3C)CCCCC2)c1. The minimum Gasteiger partial charge on any atom is -0.497 e. The molecule has 1 atom stereocenters. The van der Waals surface area contributed by atoms with Gasteiger partial charge in [-0.25, -0.2) is 0 Å². The molecule has 0 bridgehead atoms. The van der Waals surface area contributed by atoms with E-state index in [-0.39, 0.29) is 12.1 Å². The van der Waals surface area contributed by atoms with Crippen molar-refractivity contribution in [2.45, 2.75) is 57.6 Å². The Labute approximate surface area is 168 Å². The van der Waals surface area contributed by atoms with Crippen molar-refractivity contribution in [3.05, 3.63) is 59.2 Å². The Morgan fingerprint density at radius 3 is 2.57 bits per heavy atom. The summed E-state index contributed by atoms with van der Waals surface area (Å²) in [5.74, 6) is 1.72. The van der Waals surface area contributed by atoms with E-state index < -0.39 is 6.10 Å². The average Bonchev–Trinajstić information content (AvgIpc) is 2.72. The second-order valence-electron chi connectivity index (χ2n) is 7.99. The number of rotatable bonds is 8. The molecule has 0 aromatic heterocycles. The van der Waals surface area contributed by atoms with E-state index in [1.54, 1.807) is 7.11 Å². The van der Waals surface area contributed by atoms with Crippen molar-refractivity contribution in [3.8, 4) is 11.5 Å². The Morgan fingerprint density at radius 2 is 1.86 bits per heavy atom. The molecule has 3 rings (SSSR count). The van der Waals surface area contributed by atoms with Crippen LogP contribution in [-0.4, -0.2) is 31.5 Å². The summed E-state index contributed by atoms with van der Waals surface area (Å²) in [4.78, 5) is 0. The molecule has 1 aliphatic carbocycles. The smallest absolute Gasteiger partial charge is 0.122 e. The zero-order valence-electron chi connectivity index (χ0n) is 17.3. The highest BCUT2D eigenvalue weighted by molar-refractivity contribution is 5.36. The van der Waals surface area contributed by atoms with E-state index in [0.717, 1.165) is 29.9 Å². The van der Waals surface area contributed by atoms with E-state index >= 15 is 0 Å². The number of methoxy groups -OCH3 is 1. The summed E-state index contributed by atoms with van der Waals surface area (Å²) in [6, 6.07) is 14.4. The van der Waals surface area contributed by atoms with Crippen LogP contribution in [0, 0.1) is 13.8 Å². The lowest BCUT2D eigenvalue weighted by Gasteiger charge is -2.39. The van der Waals surface area contributed by atoms with E-state index in [2.05, 4.69) is 30.4 Å². The van der Waals surface area contributed by atoms with E-state index in [0.29, 0.717) is 6.54 Å². The first-order valence-corrected chi connectivity index (χ1v) is 10.3. The summed E-state index contributed by atoms with van der Waals surface area (Å²) in [5, 5.41) is 14.2. The van der Waals surface area contributed by atoms with Crippen molar-refractivity contribution in [2.24, 2.45) is 0 Å². The van der Waals surface area contributed by atoms with Crippen molar-refractivity contribution < 1.29 is 14.6 Å². The van der Waals surface area contributed by atoms with Crippen LogP contribution in [0.1, 0.15) is 48.8 Å². The van der Waals surface area contributed by atoms with Crippen LogP contribution in [0.5, 0.6) is 11.5 Å². The average molecular weight is 384 g/mol. The quantitative estimate of drug-likeness (QED) is 0.705. The summed E-state index contributed by atoms with van der Waals surface area (Å²) >= 11 is 0. The van der Waals surface area contributed by atoms with Crippen LogP contribution >= 0.6 is 0 Å². The van der Waals surface area contributed by atoms with E-state index in [4.69, 9.17) is 9.47 Å². The fourth-order valence-electron chi connectivity index (χ4n) is 4.16. The molecule has 1 aliphatic rings. The highest BCUT2D eigenvalue weighted by atomic mass is 16.5. The van der Waals surface area contributed by atoms with Gasteiger partial charge >= 0.3 is 0 Å². The minimum absolute atomic E-state index is 0.104. The van der Waals surface area contributed by atoms with Crippen molar-refractivity contribution in [2.75, 3.05) is 20.3 Å². The number of hydrogen-bond acceptors (Lipinski definition) is 4. The summed E-state index contributed by atoms with van der Waals surface area (Å²) < 4.78 is 11.3. The fourth-order valence-corrected chi connectivity index (χ4v) is 4.16. The van der Waals surface area contributed by atoms with Gasteiger partial charge in [0.05, 0.1) is 7.11 Å². The normalized spacial score (nSPS) is 17.1. The Bertz CT molecular complexity index is 768. The molecule has 0 heterocycles. The van der Waals surface area contributed by atoms with Gasteiger partial charge in [-0.2, -0.15) is 0 Å². The maximum absolute atomic E-state index is 10.5. The van der Waals surface area contributed by atoms with Crippen LogP contribution in [0.4, 0.5) is 0 Å². The second kappa shape index (κ2) is 9.44. The minimum atomic E-state index is -0.565. The number of aliphatic hydroxyl groups is 1. The molecule has 1 unspecified atom stereocenters. The van der Waals surface area contributed by atoms with Gasteiger partial charge in [0.2, 0.25) is 0 Å². The van der Waals surface area contributed by atoms with Gasteiger partial charge in [-0.05, 0) is 56.0 Å². The topological polar surface area (TPSA) is 50.7 Å². The number of aliphatic hydroxyl groups excluding tert-OH is 1. The number of ether oxygens (including phenoxy) is 2. The summed E-state index contributed by atoms with van der Waals surface area (Å²) in [5.41, 5.74) is 3.45. The molecule has 0 spiro atoms. The first kappa shape index (κ1) is 20.7. The molecule has 0 aliphatic heterocycles. The van der Waals surface area contributed by atoms with Gasteiger partial charge in [-0.1, -0.05) is 49.1 Å². The van der Waals surface area contributed by atoms with Crippen molar-refractivity contribution >= 4 is 0 Å². The highest BCUT2D eigenvalue weighted by Gasteiger charge is 2.34. The van der Waals surface area contributed by atoms with Crippen molar-refractivity contribution in [1.82, 2.24) is 5.32 Å². The molecular weight excluding hydrogens is 350 g/mol. The van der Waals surface area contributed by atoms with Crippen LogP contribution in [0.25, 0.3) is 0 Å². The fraction of sp³-hybridized carbons (Fsp3) is 0.500. The molecule has 1 fully saturated rings.